The summed E-state index contributed by atoms with van der Waals surface area (Å²) >= 11 is 0. The Balaban J connectivity index is 1.19. The normalized spacial score (nSPS) is 19.8. The molecule has 10 heteroatoms. The zero-order valence-electron chi connectivity index (χ0n) is 21.1. The highest BCUT2D eigenvalue weighted by molar-refractivity contribution is 6.00. The summed E-state index contributed by atoms with van der Waals surface area (Å²) in [6.07, 6.45) is -4.28. The van der Waals surface area contributed by atoms with Crippen LogP contribution in [0.3, 0.4) is 0 Å². The number of aliphatic hydroxyl groups excluding tert-OH is 1. The highest BCUT2D eigenvalue weighted by Gasteiger charge is 2.42. The second-order valence-electron chi connectivity index (χ2n) is 10.3. The zero-order valence-corrected chi connectivity index (χ0v) is 21.1. The molecule has 2 aromatic carbocycles. The van der Waals surface area contributed by atoms with Crippen molar-refractivity contribution >= 4 is 11.8 Å². The Morgan fingerprint density at radius 1 is 1.03 bits per heavy atom. The first-order chi connectivity index (χ1) is 18.2. The maximum absolute atomic E-state index is 13.3. The molecule has 3 aliphatic rings. The first kappa shape index (κ1) is 26.5. The number of fused-ring (bicyclic) bond motifs is 2. The number of hydrogen-bond acceptors (Lipinski definition) is 5. The number of amides is 2. The lowest BCUT2D eigenvalue weighted by Crippen LogP contribution is -2.44. The number of ether oxygens (including phenoxy) is 1. The molecule has 5 rings (SSSR count). The molecule has 1 saturated heterocycles. The van der Waals surface area contributed by atoms with Gasteiger partial charge >= 0.3 is 6.18 Å². The Morgan fingerprint density at radius 2 is 1.76 bits per heavy atom. The number of carbonyl (C=O) groups excluding carboxylic acids is 2. The second-order valence-corrected chi connectivity index (χ2v) is 10.3. The maximum Gasteiger partial charge on any atom is 0.391 e. The number of β-amino-alcohol motifs (C(OH)–C–C–N with tert-alkyl or cyclic N) is 1. The van der Waals surface area contributed by atoms with Crippen LogP contribution >= 0.6 is 0 Å². The number of piperidine rings is 1. The summed E-state index contributed by atoms with van der Waals surface area (Å²) in [7, 11) is 0. The average Bonchev–Trinajstić information content (AvgIpc) is 3.05. The molecule has 0 saturated carbocycles. The van der Waals surface area contributed by atoms with Crippen molar-refractivity contribution in [3.63, 3.8) is 0 Å². The van der Waals surface area contributed by atoms with Gasteiger partial charge < -0.3 is 19.6 Å². The number of benzene rings is 2. The van der Waals surface area contributed by atoms with E-state index in [1.165, 1.54) is 34.2 Å². The molecule has 7 nitrogen and oxygen atoms in total. The summed E-state index contributed by atoms with van der Waals surface area (Å²) in [5, 5.41) is 10.8. The molecular weight excluding hydrogens is 499 g/mol. The van der Waals surface area contributed by atoms with Crippen molar-refractivity contribution in [2.45, 2.75) is 38.1 Å². The van der Waals surface area contributed by atoms with Gasteiger partial charge in [-0.25, -0.2) is 0 Å². The average molecular weight is 532 g/mol. The first-order valence-electron chi connectivity index (χ1n) is 13.1. The highest BCUT2D eigenvalue weighted by Crippen LogP contribution is 2.35. The van der Waals surface area contributed by atoms with Crippen LogP contribution in [0.2, 0.25) is 0 Å². The van der Waals surface area contributed by atoms with E-state index in [0.29, 0.717) is 18.7 Å². The summed E-state index contributed by atoms with van der Waals surface area (Å²) in [6, 6.07) is 12.8. The topological polar surface area (TPSA) is 73.3 Å². The van der Waals surface area contributed by atoms with Gasteiger partial charge in [0.1, 0.15) is 12.4 Å². The quantitative estimate of drug-likeness (QED) is 0.641. The third-order valence-corrected chi connectivity index (χ3v) is 7.72. The van der Waals surface area contributed by atoms with Gasteiger partial charge in [0.05, 0.1) is 24.1 Å². The van der Waals surface area contributed by atoms with Gasteiger partial charge in [-0.2, -0.15) is 13.2 Å². The number of carbonyl (C=O) groups is 2. The summed E-state index contributed by atoms with van der Waals surface area (Å²) in [5.74, 6) is -1.77. The lowest BCUT2D eigenvalue weighted by Gasteiger charge is -2.33. The Morgan fingerprint density at radius 3 is 2.50 bits per heavy atom. The van der Waals surface area contributed by atoms with Crippen LogP contribution in [-0.4, -0.2) is 89.8 Å². The third kappa shape index (κ3) is 5.81. The van der Waals surface area contributed by atoms with Crippen molar-refractivity contribution in [2.75, 3.05) is 45.9 Å². The second kappa shape index (κ2) is 10.9. The van der Waals surface area contributed by atoms with Crippen LogP contribution in [-0.2, 0) is 13.0 Å². The van der Waals surface area contributed by atoms with Gasteiger partial charge in [-0.15, -0.1) is 0 Å². The minimum atomic E-state index is -4.24. The molecule has 1 N–H and O–H groups in total. The fourth-order valence-electron chi connectivity index (χ4n) is 5.58. The third-order valence-electron chi connectivity index (χ3n) is 7.72. The molecule has 0 spiro atoms. The molecule has 0 aliphatic carbocycles. The smallest absolute Gasteiger partial charge is 0.391 e. The van der Waals surface area contributed by atoms with E-state index in [2.05, 4.69) is 17.0 Å². The Hall–Kier alpha value is -3.11. The van der Waals surface area contributed by atoms with Crippen molar-refractivity contribution in [1.29, 1.82) is 0 Å². The summed E-state index contributed by atoms with van der Waals surface area (Å²) in [4.78, 5) is 31.4. The largest absolute Gasteiger partial charge is 0.491 e. The number of nitrogens with zero attached hydrogens (tertiary/aromatic N) is 3. The van der Waals surface area contributed by atoms with Crippen LogP contribution in [0.5, 0.6) is 5.75 Å². The molecule has 204 valence electrons. The number of likely N-dealkylation sites (tertiary alicyclic amines) is 1. The monoisotopic (exact) mass is 531 g/mol. The van der Waals surface area contributed by atoms with Gasteiger partial charge in [-0.3, -0.25) is 14.5 Å². The van der Waals surface area contributed by atoms with Gasteiger partial charge in [0.25, 0.3) is 11.8 Å². The van der Waals surface area contributed by atoms with Crippen molar-refractivity contribution < 1.29 is 32.6 Å². The highest BCUT2D eigenvalue weighted by atomic mass is 19.4. The molecule has 1 fully saturated rings. The molecule has 3 heterocycles. The molecule has 0 bridgehead atoms. The minimum absolute atomic E-state index is 0.0359. The van der Waals surface area contributed by atoms with E-state index in [0.717, 1.165) is 19.5 Å². The van der Waals surface area contributed by atoms with Crippen LogP contribution in [0.4, 0.5) is 13.2 Å². The van der Waals surface area contributed by atoms with Crippen LogP contribution in [0.1, 0.15) is 44.7 Å². The zero-order chi connectivity index (χ0) is 26.9. The van der Waals surface area contributed by atoms with E-state index < -0.39 is 18.2 Å². The van der Waals surface area contributed by atoms with E-state index in [1.807, 2.05) is 12.1 Å². The van der Waals surface area contributed by atoms with Crippen molar-refractivity contribution in [1.82, 2.24) is 14.7 Å². The molecular formula is C28H32F3N3O4. The van der Waals surface area contributed by atoms with E-state index in [1.54, 1.807) is 4.90 Å². The molecule has 2 amide bonds. The Kier molecular flexibility index (Phi) is 7.63. The van der Waals surface area contributed by atoms with Gasteiger partial charge in [0.15, 0.2) is 0 Å². The first-order valence-corrected chi connectivity index (χ1v) is 13.1. The van der Waals surface area contributed by atoms with E-state index >= 15 is 0 Å². The lowest BCUT2D eigenvalue weighted by atomic mass is 9.95. The Labute approximate surface area is 219 Å². The van der Waals surface area contributed by atoms with Crippen molar-refractivity contribution in [3.05, 3.63) is 64.7 Å². The van der Waals surface area contributed by atoms with Gasteiger partial charge in [-0.1, -0.05) is 24.3 Å². The predicted octanol–water partition coefficient (Wildman–Crippen LogP) is 3.35. The standard InChI is InChI=1S/C28H32F3N3O4/c29-28(30,31)22-8-11-33(12-9-22)26(36)20-5-6-24-25(15-20)38-14-13-34(27(24)37)18-23(35)17-32-10-7-19-3-1-2-4-21(19)16-32/h1-6,15,22-23,35H,7-14,16-18H2. The molecule has 3 aliphatic heterocycles. The Bertz CT molecular complexity index is 1180. The van der Waals surface area contributed by atoms with E-state index in [-0.39, 0.29) is 62.2 Å². The number of aliphatic hydroxyl groups is 1. The van der Waals surface area contributed by atoms with Gasteiger partial charge in [0.2, 0.25) is 0 Å². The number of halogens is 3. The van der Waals surface area contributed by atoms with Gasteiger partial charge in [0, 0.05) is 44.8 Å². The molecule has 0 radical (unpaired) electrons. The number of rotatable bonds is 5. The molecule has 38 heavy (non-hydrogen) atoms. The van der Waals surface area contributed by atoms with Crippen LogP contribution in [0, 0.1) is 5.92 Å². The molecule has 1 atom stereocenters. The fraction of sp³-hybridized carbons (Fsp3) is 0.500. The summed E-state index contributed by atoms with van der Waals surface area (Å²) in [6.45, 7) is 2.79. The van der Waals surface area contributed by atoms with E-state index in [9.17, 15) is 27.9 Å². The molecule has 0 aromatic heterocycles. The fourth-order valence-corrected chi connectivity index (χ4v) is 5.58. The lowest BCUT2D eigenvalue weighted by molar-refractivity contribution is -0.183. The summed E-state index contributed by atoms with van der Waals surface area (Å²) in [5.41, 5.74) is 3.17. The van der Waals surface area contributed by atoms with Crippen molar-refractivity contribution in [3.8, 4) is 5.75 Å². The van der Waals surface area contributed by atoms with Crippen molar-refractivity contribution in [2.24, 2.45) is 5.92 Å². The van der Waals surface area contributed by atoms with Crippen LogP contribution in [0.15, 0.2) is 42.5 Å². The molecule has 2 aromatic rings. The minimum Gasteiger partial charge on any atom is -0.491 e. The van der Waals surface area contributed by atoms with Crippen LogP contribution < -0.4 is 4.74 Å². The molecule has 1 unspecified atom stereocenters. The summed E-state index contributed by atoms with van der Waals surface area (Å²) < 4.78 is 44.7. The van der Waals surface area contributed by atoms with E-state index in [4.69, 9.17) is 4.74 Å². The van der Waals surface area contributed by atoms with Crippen LogP contribution in [0.25, 0.3) is 0 Å². The van der Waals surface area contributed by atoms with Gasteiger partial charge in [-0.05, 0) is 48.6 Å². The number of alkyl halides is 3. The maximum atomic E-state index is 13.3. The number of hydrogen-bond donors (Lipinski definition) is 1. The predicted molar refractivity (Wildman–Crippen MR) is 134 cm³/mol. The SMILES string of the molecule is O=C(c1ccc2c(c1)OCCN(CC(O)CN1CCc3ccccc3C1)C2=O)N1CCC(C(F)(F)F)CC1.